The first-order valence-electron chi connectivity index (χ1n) is 42.8. The molecule has 624 valence electrons. The van der Waals surface area contributed by atoms with Gasteiger partial charge in [0.05, 0.1) is 26.4 Å². The van der Waals surface area contributed by atoms with Crippen LogP contribution in [0.25, 0.3) is 0 Å². The molecule has 0 fully saturated rings. The van der Waals surface area contributed by atoms with Crippen LogP contribution in [0.2, 0.25) is 0 Å². The Kier molecular flexibility index (Phi) is 79.0. The Morgan fingerprint density at radius 2 is 0.486 bits per heavy atom. The molecule has 4 N–H and O–H groups in total. The van der Waals surface area contributed by atoms with Crippen molar-refractivity contribution in [3.63, 3.8) is 0 Å². The van der Waals surface area contributed by atoms with Crippen molar-refractivity contribution in [2.45, 2.75) is 360 Å². The van der Waals surface area contributed by atoms with E-state index in [4.69, 9.17) is 32.3 Å². The van der Waals surface area contributed by atoms with Crippen molar-refractivity contribution >= 4 is 33.6 Å². The monoisotopic (exact) mass is 1570 g/mol. The van der Waals surface area contributed by atoms with E-state index in [1.54, 1.807) is 0 Å². The average molecular weight is 1570 g/mol. The second-order valence-electron chi connectivity index (χ2n) is 28.2. The van der Waals surface area contributed by atoms with Gasteiger partial charge in [-0.2, -0.15) is 0 Å². The Balaban J connectivity index is 4.58. The summed E-state index contributed by atoms with van der Waals surface area (Å²) >= 11 is 0. The van der Waals surface area contributed by atoms with Gasteiger partial charge in [-0.15, -0.1) is 0 Å². The number of unbranched alkanes of at least 4 members (excludes halogenated alkanes) is 31. The molecule has 0 rings (SSSR count). The lowest BCUT2D eigenvalue weighted by Crippen LogP contribution is -2.30. The number of esters is 3. The molecular weight excluding hydrogens is 1410 g/mol. The molecule has 0 saturated heterocycles. The third-order valence-corrected chi connectivity index (χ3v) is 19.6. The van der Waals surface area contributed by atoms with Crippen LogP contribution in [0.3, 0.4) is 0 Å². The van der Waals surface area contributed by atoms with E-state index in [-0.39, 0.29) is 19.3 Å². The third kappa shape index (κ3) is 83.9. The molecule has 18 heteroatoms. The van der Waals surface area contributed by atoms with Crippen LogP contribution in [-0.4, -0.2) is 95.9 Å². The minimum atomic E-state index is -4.95. The number of phosphoric ester groups is 2. The van der Waals surface area contributed by atoms with Crippen LogP contribution in [0.4, 0.5) is 0 Å². The van der Waals surface area contributed by atoms with E-state index < -0.39 is 91.5 Å². The van der Waals surface area contributed by atoms with Gasteiger partial charge in [0.2, 0.25) is 0 Å². The first-order valence-corrected chi connectivity index (χ1v) is 45.8. The second-order valence-corrected chi connectivity index (χ2v) is 31.1. The predicted molar refractivity (Wildman–Crippen MR) is 454 cm³/mol. The number of hydrogen-bond donors (Lipinski definition) is 4. The molecule has 0 aromatic heterocycles. The highest BCUT2D eigenvalue weighted by Gasteiger charge is 2.29. The summed E-state index contributed by atoms with van der Waals surface area (Å²) in [4.78, 5) is 58.8. The molecule has 0 saturated carbocycles. The van der Waals surface area contributed by atoms with Crippen molar-refractivity contribution in [2.24, 2.45) is 0 Å². The number of hydrogen-bond acceptors (Lipinski definition) is 14. The third-order valence-electron chi connectivity index (χ3n) is 17.7. The van der Waals surface area contributed by atoms with Gasteiger partial charge in [-0.05, 0) is 148 Å². The van der Waals surface area contributed by atoms with Crippen LogP contribution in [0, 0.1) is 0 Å². The lowest BCUT2D eigenvalue weighted by atomic mass is 10.0. The molecule has 0 aliphatic heterocycles. The molecule has 5 unspecified atom stereocenters. The molecule has 0 spiro atoms. The first kappa shape index (κ1) is 104. The predicted octanol–water partition coefficient (Wildman–Crippen LogP) is 25.8. The molecule has 0 aromatic rings. The Hall–Kier alpha value is -4.83. The molecule has 0 radical (unpaired) electrons. The highest BCUT2D eigenvalue weighted by molar-refractivity contribution is 7.47. The van der Waals surface area contributed by atoms with Gasteiger partial charge in [0.1, 0.15) is 25.4 Å². The molecule has 0 amide bonds. The van der Waals surface area contributed by atoms with Crippen LogP contribution in [0.15, 0.2) is 158 Å². The van der Waals surface area contributed by atoms with Gasteiger partial charge in [0.25, 0.3) is 0 Å². The summed E-state index contributed by atoms with van der Waals surface area (Å²) in [6.07, 6.45) is 104. The molecule has 109 heavy (non-hydrogen) atoms. The summed E-state index contributed by atoms with van der Waals surface area (Å²) in [5.74, 6) is -1.61. The molecule has 0 heterocycles. The SMILES string of the molecule is CC/C=C\C/C=C\C/C=C\C/C=C\C/C=C\CCCCCCCCCCCCCC(=O)OCC(COP(=O)(O)OCC(O)COP(=O)(O)OCC(O)COC(=O)CCCCCCCCCCCCCCC/C=C\C/C=C\C/C=C\C/C=C\CCCCC)OC(=O)CCCCCC/C=C\C/C=C\C/C=C\C/C=C\CC. The highest BCUT2D eigenvalue weighted by Crippen LogP contribution is 2.45. The Labute approximate surface area is 663 Å². The van der Waals surface area contributed by atoms with Crippen LogP contribution < -0.4 is 0 Å². The lowest BCUT2D eigenvalue weighted by Gasteiger charge is -2.21. The van der Waals surface area contributed by atoms with Gasteiger partial charge in [-0.3, -0.25) is 32.5 Å². The lowest BCUT2D eigenvalue weighted by molar-refractivity contribution is -0.161. The Bertz CT molecular complexity index is 2610. The van der Waals surface area contributed by atoms with Crippen molar-refractivity contribution in [1.29, 1.82) is 0 Å². The molecule has 0 aromatic carbocycles. The zero-order valence-corrected chi connectivity index (χ0v) is 70.2. The maximum absolute atomic E-state index is 13.0. The zero-order valence-electron chi connectivity index (χ0n) is 68.4. The number of phosphoric acid groups is 2. The highest BCUT2D eigenvalue weighted by atomic mass is 31.2. The number of aliphatic hydroxyl groups is 2. The smallest absolute Gasteiger partial charge is 0.463 e. The maximum atomic E-state index is 13.0. The van der Waals surface area contributed by atoms with Crippen LogP contribution >= 0.6 is 15.6 Å². The molecule has 0 bridgehead atoms. The van der Waals surface area contributed by atoms with Gasteiger partial charge in [0, 0.05) is 19.3 Å². The summed E-state index contributed by atoms with van der Waals surface area (Å²) in [5, 5.41) is 20.7. The largest absolute Gasteiger partial charge is 0.472 e. The summed E-state index contributed by atoms with van der Waals surface area (Å²) in [6.45, 7) is 2.41. The summed E-state index contributed by atoms with van der Waals surface area (Å²) in [7, 11) is -9.81. The number of aliphatic hydroxyl groups excluding tert-OH is 2. The molecular formula is C91H154O16P2. The average Bonchev–Trinajstić information content (AvgIpc) is 0.960. The van der Waals surface area contributed by atoms with Crippen LogP contribution in [0.1, 0.15) is 342 Å². The van der Waals surface area contributed by atoms with E-state index in [1.807, 2.05) is 0 Å². The minimum Gasteiger partial charge on any atom is -0.463 e. The van der Waals surface area contributed by atoms with E-state index in [0.29, 0.717) is 19.3 Å². The molecule has 0 aliphatic rings. The quantitative estimate of drug-likeness (QED) is 0.0146. The van der Waals surface area contributed by atoms with Gasteiger partial charge in [-0.25, -0.2) is 9.13 Å². The molecule has 16 nitrogen and oxygen atoms in total. The van der Waals surface area contributed by atoms with Gasteiger partial charge < -0.3 is 34.2 Å². The van der Waals surface area contributed by atoms with Crippen molar-refractivity contribution in [3.8, 4) is 0 Å². The summed E-state index contributed by atoms with van der Waals surface area (Å²) in [6, 6.07) is 0. The minimum absolute atomic E-state index is 0.0718. The topological polar surface area (TPSA) is 231 Å². The fourth-order valence-electron chi connectivity index (χ4n) is 11.3. The van der Waals surface area contributed by atoms with Crippen LogP contribution in [-0.2, 0) is 55.8 Å². The van der Waals surface area contributed by atoms with E-state index >= 15 is 0 Å². The van der Waals surface area contributed by atoms with E-state index in [0.717, 1.165) is 161 Å². The van der Waals surface area contributed by atoms with Crippen molar-refractivity contribution in [3.05, 3.63) is 158 Å². The van der Waals surface area contributed by atoms with E-state index in [9.17, 15) is 43.5 Å². The number of rotatable bonds is 80. The number of carbonyl (C=O) groups is 3. The maximum Gasteiger partial charge on any atom is 0.472 e. The number of ether oxygens (including phenoxy) is 3. The fraction of sp³-hybridized carbons (Fsp3) is 0.681. The summed E-state index contributed by atoms with van der Waals surface area (Å²) in [5.41, 5.74) is 0. The Morgan fingerprint density at radius 3 is 0.771 bits per heavy atom. The van der Waals surface area contributed by atoms with Gasteiger partial charge >= 0.3 is 33.6 Å². The van der Waals surface area contributed by atoms with Crippen LogP contribution in [0.5, 0.6) is 0 Å². The fourth-order valence-corrected chi connectivity index (χ4v) is 12.9. The normalized spacial score (nSPS) is 14.7. The van der Waals surface area contributed by atoms with E-state index in [2.05, 4.69) is 179 Å². The van der Waals surface area contributed by atoms with Gasteiger partial charge in [0.15, 0.2) is 6.10 Å². The summed E-state index contributed by atoms with van der Waals surface area (Å²) < 4.78 is 61.3. The Morgan fingerprint density at radius 1 is 0.266 bits per heavy atom. The van der Waals surface area contributed by atoms with Crippen molar-refractivity contribution < 1.29 is 75.8 Å². The van der Waals surface area contributed by atoms with E-state index in [1.165, 1.54) is 122 Å². The second kappa shape index (κ2) is 82.6. The zero-order chi connectivity index (χ0) is 79.4. The number of allylic oxidation sites excluding steroid dienone is 26. The standard InChI is InChI=1S/C91H154O16P2/c1-4-7-10-13-16-19-22-25-28-31-33-35-37-39-41-42-44-46-47-49-51-54-56-59-62-65-68-71-74-77-89(94)101-80-86(92)81-103-108(97,98)104-82-87(93)83-105-109(99,100)106-85-88(107-91(96)79-76-73-70-67-64-61-58-53-30-27-24-21-18-15-12-9-6-3)84-102-90(95)78-75-72-69-66-63-60-57-55-52-50-48-45-43-40-38-36-34-32-29-26-23-20-17-14-11-8-5-2/h8-9,11-12,16-21,25-30,33-36,39-41,43,58,61,86-88,92-93H,4-7,10,13-15,22-24,31-32,37-38,42,44-57,59-60,62-85H2,1-3H3,(H,97,98)(H,99,100)/b11-8-,12-9-,19-16-,20-17-,21-18-,28-25-,29-26-,30-27-,35-33-,36-34-,41-39-,43-40-,61-58-. The van der Waals surface area contributed by atoms with Crippen molar-refractivity contribution in [2.75, 3.05) is 39.6 Å². The van der Waals surface area contributed by atoms with Gasteiger partial charge in [-0.1, -0.05) is 333 Å². The first-order chi connectivity index (χ1) is 53.2. The number of carbonyl (C=O) groups excluding carboxylic acids is 3. The van der Waals surface area contributed by atoms with Crippen molar-refractivity contribution in [1.82, 2.24) is 0 Å². The molecule has 5 atom stereocenters. The molecule has 0 aliphatic carbocycles.